The fraction of sp³-hybridized carbons (Fsp3) is 0.294. The first-order chi connectivity index (χ1) is 11.5. The maximum Gasteiger partial charge on any atom is 0.243 e. The average molecular weight is 430 g/mol. The van der Waals surface area contributed by atoms with E-state index < -0.39 is 10.0 Å². The number of benzene rings is 2. The molecule has 128 valence electrons. The lowest BCUT2D eigenvalue weighted by molar-refractivity contribution is 0.427. The van der Waals surface area contributed by atoms with Crippen molar-refractivity contribution in [2.24, 2.45) is 0 Å². The summed E-state index contributed by atoms with van der Waals surface area (Å²) in [4.78, 5) is 0.292. The van der Waals surface area contributed by atoms with Crippen molar-refractivity contribution in [1.82, 2.24) is 4.31 Å². The summed E-state index contributed by atoms with van der Waals surface area (Å²) in [5, 5.41) is -0.0173. The van der Waals surface area contributed by atoms with Crippen LogP contribution < -0.4 is 0 Å². The molecule has 3 nitrogen and oxygen atoms in total. The van der Waals surface area contributed by atoms with Crippen molar-refractivity contribution in [2.75, 3.05) is 18.8 Å². The van der Waals surface area contributed by atoms with Crippen LogP contribution in [0.15, 0.2) is 57.9 Å². The first-order valence-corrected chi connectivity index (χ1v) is 10.9. The van der Waals surface area contributed by atoms with Crippen LogP contribution in [-0.4, -0.2) is 31.6 Å². The highest BCUT2D eigenvalue weighted by atomic mass is 79.9. The highest BCUT2D eigenvalue weighted by Crippen LogP contribution is 2.36. The minimum atomic E-state index is -3.51. The molecule has 1 aliphatic rings. The molecule has 1 unspecified atom stereocenters. The zero-order valence-electron chi connectivity index (χ0n) is 12.9. The summed E-state index contributed by atoms with van der Waals surface area (Å²) in [7, 11) is -3.51. The van der Waals surface area contributed by atoms with E-state index in [2.05, 4.69) is 15.9 Å². The summed E-state index contributed by atoms with van der Waals surface area (Å²) in [6.07, 6.45) is 0.599. The second-order valence-corrected chi connectivity index (χ2v) is 9.69. The maximum absolute atomic E-state index is 14.0. The molecule has 2 aromatic carbocycles. The molecule has 0 bridgehead atoms. The third-order valence-corrected chi connectivity index (χ3v) is 7.76. The standard InChI is InChI=1S/C17H17BrFNO2S2/c18-13-5-7-14(8-6-13)24(21,22)20-10-9-17(23-12-11-20)15-3-1-2-4-16(15)19/h1-8,17H,9-12H2. The Morgan fingerprint density at radius 3 is 2.50 bits per heavy atom. The number of thioether (sulfide) groups is 1. The van der Waals surface area contributed by atoms with Gasteiger partial charge in [-0.3, -0.25) is 0 Å². The SMILES string of the molecule is O=S(=O)(c1ccc(Br)cc1)N1CCSC(c2ccccc2F)CC1. The van der Waals surface area contributed by atoms with Crippen molar-refractivity contribution < 1.29 is 12.8 Å². The van der Waals surface area contributed by atoms with E-state index >= 15 is 0 Å². The summed E-state index contributed by atoms with van der Waals surface area (Å²) in [6, 6.07) is 13.4. The minimum Gasteiger partial charge on any atom is -0.207 e. The molecule has 0 aliphatic carbocycles. The molecule has 1 atom stereocenters. The minimum absolute atomic E-state index is 0.0173. The van der Waals surface area contributed by atoms with E-state index in [1.165, 1.54) is 10.4 Å². The Kier molecular flexibility index (Phi) is 5.64. The van der Waals surface area contributed by atoms with Crippen molar-refractivity contribution in [1.29, 1.82) is 0 Å². The molecule has 0 aromatic heterocycles. The topological polar surface area (TPSA) is 37.4 Å². The van der Waals surface area contributed by atoms with Crippen molar-refractivity contribution in [2.45, 2.75) is 16.6 Å². The van der Waals surface area contributed by atoms with Crippen LogP contribution in [0.25, 0.3) is 0 Å². The number of hydrogen-bond acceptors (Lipinski definition) is 3. The maximum atomic E-state index is 14.0. The quantitative estimate of drug-likeness (QED) is 0.722. The van der Waals surface area contributed by atoms with Crippen molar-refractivity contribution >= 4 is 37.7 Å². The van der Waals surface area contributed by atoms with Gasteiger partial charge >= 0.3 is 0 Å². The van der Waals surface area contributed by atoms with Crippen molar-refractivity contribution in [3.8, 4) is 0 Å². The van der Waals surface area contributed by atoms with Gasteiger partial charge in [-0.15, -0.1) is 0 Å². The Bertz CT molecular complexity index is 812. The molecule has 0 amide bonds. The summed E-state index contributed by atoms with van der Waals surface area (Å²) in [5.74, 6) is 0.425. The molecule has 1 heterocycles. The Morgan fingerprint density at radius 2 is 1.79 bits per heavy atom. The van der Waals surface area contributed by atoms with E-state index in [-0.39, 0.29) is 11.1 Å². The van der Waals surface area contributed by atoms with E-state index in [1.54, 1.807) is 48.2 Å². The Hall–Kier alpha value is -0.890. The molecule has 0 saturated carbocycles. The first-order valence-electron chi connectivity index (χ1n) is 7.60. The van der Waals surface area contributed by atoms with E-state index in [4.69, 9.17) is 0 Å². The molecule has 1 fully saturated rings. The van der Waals surface area contributed by atoms with Gasteiger partial charge in [-0.2, -0.15) is 16.1 Å². The number of sulfonamides is 1. The average Bonchev–Trinajstić information content (AvgIpc) is 2.82. The first kappa shape index (κ1) is 17.9. The normalized spacial score (nSPS) is 19.8. The van der Waals surface area contributed by atoms with E-state index in [9.17, 15) is 12.8 Å². The lowest BCUT2D eigenvalue weighted by atomic mass is 10.1. The van der Waals surface area contributed by atoms with Crippen LogP contribution in [0.5, 0.6) is 0 Å². The van der Waals surface area contributed by atoms with Gasteiger partial charge in [-0.05, 0) is 36.8 Å². The smallest absolute Gasteiger partial charge is 0.207 e. The Balaban J connectivity index is 1.78. The van der Waals surface area contributed by atoms with Crippen LogP contribution in [0.2, 0.25) is 0 Å². The zero-order chi connectivity index (χ0) is 17.2. The lowest BCUT2D eigenvalue weighted by Gasteiger charge is -2.20. The molecule has 24 heavy (non-hydrogen) atoms. The van der Waals surface area contributed by atoms with Crippen LogP contribution in [-0.2, 0) is 10.0 Å². The van der Waals surface area contributed by atoms with E-state index in [0.29, 0.717) is 35.7 Å². The molecule has 0 radical (unpaired) electrons. The molecule has 0 N–H and O–H groups in total. The van der Waals surface area contributed by atoms with Gasteiger partial charge in [0.25, 0.3) is 0 Å². The molecule has 0 spiro atoms. The van der Waals surface area contributed by atoms with Crippen LogP contribution in [0, 0.1) is 5.82 Å². The van der Waals surface area contributed by atoms with Crippen LogP contribution >= 0.6 is 27.7 Å². The molecule has 3 rings (SSSR count). The molecule has 2 aromatic rings. The fourth-order valence-electron chi connectivity index (χ4n) is 2.73. The predicted octanol–water partition coefficient (Wildman–Crippen LogP) is 4.46. The fourth-order valence-corrected chi connectivity index (χ4v) is 5.82. The van der Waals surface area contributed by atoms with Gasteiger partial charge < -0.3 is 0 Å². The van der Waals surface area contributed by atoms with Gasteiger partial charge in [-0.25, -0.2) is 12.8 Å². The summed E-state index contributed by atoms with van der Waals surface area (Å²) in [6.45, 7) is 0.832. The summed E-state index contributed by atoms with van der Waals surface area (Å²) in [5.41, 5.74) is 0.658. The van der Waals surface area contributed by atoms with Crippen molar-refractivity contribution in [3.63, 3.8) is 0 Å². The molecule has 1 aliphatic heterocycles. The van der Waals surface area contributed by atoms with Crippen LogP contribution in [0.4, 0.5) is 4.39 Å². The van der Waals surface area contributed by atoms with Crippen molar-refractivity contribution in [3.05, 3.63) is 64.4 Å². The van der Waals surface area contributed by atoms with Gasteiger partial charge in [0.1, 0.15) is 5.82 Å². The zero-order valence-corrected chi connectivity index (χ0v) is 16.1. The Labute approximate surface area is 154 Å². The number of nitrogens with zero attached hydrogens (tertiary/aromatic N) is 1. The van der Waals surface area contributed by atoms with Crippen LogP contribution in [0.1, 0.15) is 17.2 Å². The Morgan fingerprint density at radius 1 is 1.08 bits per heavy atom. The van der Waals surface area contributed by atoms with Gasteiger partial charge in [0, 0.05) is 34.1 Å². The van der Waals surface area contributed by atoms with E-state index in [0.717, 1.165) is 4.47 Å². The molecular formula is C17H17BrFNO2S2. The monoisotopic (exact) mass is 429 g/mol. The van der Waals surface area contributed by atoms with Gasteiger partial charge in [0.2, 0.25) is 10.0 Å². The lowest BCUT2D eigenvalue weighted by Crippen LogP contribution is -2.33. The molecular weight excluding hydrogens is 413 g/mol. The molecule has 1 saturated heterocycles. The number of halogens is 2. The second kappa shape index (κ2) is 7.56. The third-order valence-electron chi connectivity index (χ3n) is 4.00. The predicted molar refractivity (Wildman–Crippen MR) is 99.1 cm³/mol. The third kappa shape index (κ3) is 3.85. The highest BCUT2D eigenvalue weighted by Gasteiger charge is 2.29. The number of hydrogen-bond donors (Lipinski definition) is 0. The van der Waals surface area contributed by atoms with Gasteiger partial charge in [0.15, 0.2) is 0 Å². The van der Waals surface area contributed by atoms with Crippen LogP contribution in [0.3, 0.4) is 0 Å². The van der Waals surface area contributed by atoms with E-state index in [1.807, 2.05) is 6.07 Å². The summed E-state index contributed by atoms with van der Waals surface area (Å²) >= 11 is 4.93. The number of rotatable bonds is 3. The molecule has 7 heteroatoms. The second-order valence-electron chi connectivity index (χ2n) is 5.53. The van der Waals surface area contributed by atoms with Gasteiger partial charge in [0.05, 0.1) is 4.90 Å². The largest absolute Gasteiger partial charge is 0.243 e. The summed E-state index contributed by atoms with van der Waals surface area (Å²) < 4.78 is 41.9. The highest BCUT2D eigenvalue weighted by molar-refractivity contribution is 9.10. The van der Waals surface area contributed by atoms with Gasteiger partial charge in [-0.1, -0.05) is 34.1 Å².